The van der Waals surface area contributed by atoms with Gasteiger partial charge in [0.2, 0.25) is 5.91 Å². The van der Waals surface area contributed by atoms with Gasteiger partial charge in [0.1, 0.15) is 0 Å². The summed E-state index contributed by atoms with van der Waals surface area (Å²) in [6.07, 6.45) is 1.91. The number of halogens is 2. The lowest BCUT2D eigenvalue weighted by Gasteiger charge is -2.13. The number of hydrogen-bond donors (Lipinski definition) is 1. The minimum Gasteiger partial charge on any atom is -0.349 e. The highest BCUT2D eigenvalue weighted by molar-refractivity contribution is 7.98. The van der Waals surface area contributed by atoms with Crippen molar-refractivity contribution >= 4 is 40.9 Å². The Bertz CT molecular complexity index is 1050. The van der Waals surface area contributed by atoms with Crippen LogP contribution in [0.3, 0.4) is 0 Å². The van der Waals surface area contributed by atoms with Gasteiger partial charge in [0, 0.05) is 16.7 Å². The van der Waals surface area contributed by atoms with Gasteiger partial charge in [-0.15, -0.1) is 10.2 Å². The van der Waals surface area contributed by atoms with Gasteiger partial charge in [-0.25, -0.2) is 0 Å². The van der Waals surface area contributed by atoms with E-state index in [0.717, 1.165) is 24.3 Å². The average Bonchev–Trinajstić information content (AvgIpc) is 3.48. The van der Waals surface area contributed by atoms with Gasteiger partial charge in [0.15, 0.2) is 11.0 Å². The van der Waals surface area contributed by atoms with Crippen molar-refractivity contribution in [3.05, 3.63) is 69.5 Å². The highest BCUT2D eigenvalue weighted by Crippen LogP contribution is 2.32. The molecule has 1 aromatic heterocycles. The third-order valence-corrected chi connectivity index (χ3v) is 6.35. The van der Waals surface area contributed by atoms with Gasteiger partial charge in [-0.1, -0.05) is 59.2 Å². The molecule has 0 atom stereocenters. The van der Waals surface area contributed by atoms with E-state index in [4.69, 9.17) is 23.2 Å². The number of benzene rings is 2. The summed E-state index contributed by atoms with van der Waals surface area (Å²) in [6, 6.07) is 13.6. The molecule has 1 saturated carbocycles. The number of rotatable bonds is 7. The van der Waals surface area contributed by atoms with Gasteiger partial charge in [0.05, 0.1) is 17.3 Å². The predicted octanol–water partition coefficient (Wildman–Crippen LogP) is 5.20. The Hall–Kier alpha value is -2.02. The van der Waals surface area contributed by atoms with Crippen LogP contribution in [0.1, 0.15) is 29.8 Å². The summed E-state index contributed by atoms with van der Waals surface area (Å²) >= 11 is 14.1. The van der Waals surface area contributed by atoms with E-state index in [1.165, 1.54) is 11.1 Å². The van der Waals surface area contributed by atoms with Crippen LogP contribution in [0, 0.1) is 12.8 Å². The molecule has 1 aliphatic rings. The molecule has 1 N–H and O–H groups in total. The molecule has 2 aromatic carbocycles. The molecular weight excluding hydrogens is 427 g/mol. The number of amides is 1. The number of aryl methyl sites for hydroxylation is 1. The maximum Gasteiger partial charge on any atom is 0.223 e. The topological polar surface area (TPSA) is 59.8 Å². The normalized spacial score (nSPS) is 13.5. The van der Waals surface area contributed by atoms with Crippen LogP contribution < -0.4 is 5.32 Å². The van der Waals surface area contributed by atoms with E-state index in [0.29, 0.717) is 27.6 Å². The third kappa shape index (κ3) is 4.77. The molecule has 150 valence electrons. The van der Waals surface area contributed by atoms with Crippen molar-refractivity contribution < 1.29 is 4.79 Å². The summed E-state index contributed by atoms with van der Waals surface area (Å²) in [5, 5.41) is 13.4. The van der Waals surface area contributed by atoms with Crippen molar-refractivity contribution in [3.63, 3.8) is 0 Å². The van der Waals surface area contributed by atoms with E-state index < -0.39 is 0 Å². The molecule has 0 saturated heterocycles. The van der Waals surface area contributed by atoms with Gasteiger partial charge in [-0.2, -0.15) is 0 Å². The van der Waals surface area contributed by atoms with Crippen molar-refractivity contribution in [2.75, 3.05) is 0 Å². The molecule has 1 aliphatic carbocycles. The summed E-state index contributed by atoms with van der Waals surface area (Å²) in [6.45, 7) is 2.39. The minimum atomic E-state index is 0.0656. The third-order valence-electron chi connectivity index (χ3n) is 4.84. The maximum absolute atomic E-state index is 12.1. The number of hydrogen-bond acceptors (Lipinski definition) is 4. The van der Waals surface area contributed by atoms with Gasteiger partial charge >= 0.3 is 0 Å². The van der Waals surface area contributed by atoms with Crippen LogP contribution in [0.15, 0.2) is 47.6 Å². The van der Waals surface area contributed by atoms with Gasteiger partial charge < -0.3 is 5.32 Å². The summed E-state index contributed by atoms with van der Waals surface area (Å²) < 4.78 is 1.90. The van der Waals surface area contributed by atoms with Crippen molar-refractivity contribution in [2.24, 2.45) is 5.92 Å². The summed E-state index contributed by atoms with van der Waals surface area (Å²) in [4.78, 5) is 12.1. The lowest BCUT2D eigenvalue weighted by atomic mass is 10.1. The fourth-order valence-electron chi connectivity index (χ4n) is 2.98. The molecule has 8 heteroatoms. The first-order valence-electron chi connectivity index (χ1n) is 9.37. The molecule has 5 nitrogen and oxygen atoms in total. The molecule has 0 bridgehead atoms. The lowest BCUT2D eigenvalue weighted by molar-refractivity contribution is -0.122. The predicted molar refractivity (Wildman–Crippen MR) is 117 cm³/mol. The van der Waals surface area contributed by atoms with Gasteiger partial charge in [-0.05, 0) is 49.1 Å². The number of nitrogens with one attached hydrogen (secondary N) is 1. The monoisotopic (exact) mass is 446 g/mol. The molecule has 1 heterocycles. The van der Waals surface area contributed by atoms with Gasteiger partial charge in [0.25, 0.3) is 0 Å². The largest absolute Gasteiger partial charge is 0.349 e. The quantitative estimate of drug-likeness (QED) is 0.506. The standard InChI is InChI=1S/C21H20Cl2N4OS/c1-13-4-2-3-5-15(13)12-29-21-26-25-19(11-24-20(28)14-6-7-14)27(21)18-9-8-16(22)10-17(18)23/h2-5,8-10,14H,6-7,11-12H2,1H3,(H,24,28). The molecule has 29 heavy (non-hydrogen) atoms. The van der Waals surface area contributed by atoms with E-state index in [1.807, 2.05) is 22.8 Å². The molecule has 1 amide bonds. The number of carbonyl (C=O) groups excluding carboxylic acids is 1. The molecule has 0 aliphatic heterocycles. The smallest absolute Gasteiger partial charge is 0.223 e. The molecule has 0 radical (unpaired) electrons. The van der Waals surface area contributed by atoms with E-state index in [1.54, 1.807) is 23.9 Å². The Morgan fingerprint density at radius 1 is 1.21 bits per heavy atom. The zero-order valence-corrected chi connectivity index (χ0v) is 18.2. The van der Waals surface area contributed by atoms with Crippen LogP contribution in [-0.4, -0.2) is 20.7 Å². The van der Waals surface area contributed by atoms with Crippen molar-refractivity contribution in [1.29, 1.82) is 0 Å². The Balaban J connectivity index is 1.63. The van der Waals surface area contributed by atoms with Crippen LogP contribution in [0.2, 0.25) is 10.0 Å². The van der Waals surface area contributed by atoms with Crippen LogP contribution in [-0.2, 0) is 17.1 Å². The Morgan fingerprint density at radius 2 is 2.00 bits per heavy atom. The van der Waals surface area contributed by atoms with E-state index in [-0.39, 0.29) is 11.8 Å². The first-order chi connectivity index (χ1) is 14.0. The maximum atomic E-state index is 12.1. The van der Waals surface area contributed by atoms with E-state index in [9.17, 15) is 4.79 Å². The SMILES string of the molecule is Cc1ccccc1CSc1nnc(CNC(=O)C2CC2)n1-c1ccc(Cl)cc1Cl. The lowest BCUT2D eigenvalue weighted by Crippen LogP contribution is -2.25. The summed E-state index contributed by atoms with van der Waals surface area (Å²) in [7, 11) is 0. The fraction of sp³-hybridized carbons (Fsp3) is 0.286. The second-order valence-electron chi connectivity index (χ2n) is 7.04. The van der Waals surface area contributed by atoms with Crippen LogP contribution in [0.4, 0.5) is 0 Å². The Kier molecular flexibility index (Phi) is 6.13. The average molecular weight is 447 g/mol. The number of aromatic nitrogens is 3. The molecule has 3 aromatic rings. The second kappa shape index (κ2) is 8.78. The van der Waals surface area contributed by atoms with E-state index in [2.05, 4.69) is 34.6 Å². The van der Waals surface area contributed by atoms with Crippen molar-refractivity contribution in [3.8, 4) is 5.69 Å². The molecule has 1 fully saturated rings. The fourth-order valence-corrected chi connectivity index (χ4v) is 4.52. The van der Waals surface area contributed by atoms with Crippen LogP contribution in [0.5, 0.6) is 0 Å². The highest BCUT2D eigenvalue weighted by atomic mass is 35.5. The number of carbonyl (C=O) groups is 1. The second-order valence-corrected chi connectivity index (χ2v) is 8.82. The Labute approximate surface area is 183 Å². The first-order valence-corrected chi connectivity index (χ1v) is 11.1. The molecular formula is C21H20Cl2N4OS. The van der Waals surface area contributed by atoms with Crippen LogP contribution >= 0.6 is 35.0 Å². The Morgan fingerprint density at radius 3 is 2.72 bits per heavy atom. The van der Waals surface area contributed by atoms with Crippen molar-refractivity contribution in [2.45, 2.75) is 37.2 Å². The van der Waals surface area contributed by atoms with Crippen molar-refractivity contribution in [1.82, 2.24) is 20.1 Å². The summed E-state index contributed by atoms with van der Waals surface area (Å²) in [5.41, 5.74) is 3.20. The molecule has 0 spiro atoms. The number of thioether (sulfide) groups is 1. The van der Waals surface area contributed by atoms with E-state index >= 15 is 0 Å². The zero-order valence-electron chi connectivity index (χ0n) is 15.9. The first kappa shape index (κ1) is 20.3. The zero-order chi connectivity index (χ0) is 20.4. The highest BCUT2D eigenvalue weighted by Gasteiger charge is 2.29. The van der Waals surface area contributed by atoms with Crippen LogP contribution in [0.25, 0.3) is 5.69 Å². The summed E-state index contributed by atoms with van der Waals surface area (Å²) in [5.74, 6) is 1.59. The number of nitrogens with zero attached hydrogens (tertiary/aromatic N) is 3. The van der Waals surface area contributed by atoms with Gasteiger partial charge in [-0.3, -0.25) is 9.36 Å². The minimum absolute atomic E-state index is 0.0656. The molecule has 0 unspecified atom stereocenters. The molecule has 4 rings (SSSR count).